The van der Waals surface area contributed by atoms with Crippen molar-refractivity contribution in [3.8, 4) is 0 Å². The van der Waals surface area contributed by atoms with Gasteiger partial charge in [0.1, 0.15) is 0 Å². The molecule has 2 N–H and O–H groups in total. The van der Waals surface area contributed by atoms with Crippen molar-refractivity contribution in [2.24, 2.45) is 5.41 Å². The summed E-state index contributed by atoms with van der Waals surface area (Å²) in [5, 5.41) is 5.88. The summed E-state index contributed by atoms with van der Waals surface area (Å²) < 4.78 is 0. The third kappa shape index (κ3) is 8.38. The van der Waals surface area contributed by atoms with E-state index in [4.69, 9.17) is 0 Å². The lowest BCUT2D eigenvalue weighted by Gasteiger charge is -2.17. The Morgan fingerprint density at radius 2 is 1.78 bits per heavy atom. The number of hydrogen-bond acceptors (Lipinski definition) is 2. The van der Waals surface area contributed by atoms with Crippen molar-refractivity contribution >= 4 is 11.8 Å². The fraction of sp³-hybridized carbons (Fsp3) is 0.579. The maximum Gasteiger partial charge on any atom is 0.225 e. The van der Waals surface area contributed by atoms with E-state index in [1.54, 1.807) is 0 Å². The molecule has 0 spiro atoms. The van der Waals surface area contributed by atoms with Crippen LogP contribution < -0.4 is 10.6 Å². The highest BCUT2D eigenvalue weighted by Crippen LogP contribution is 2.12. The molecule has 1 aromatic rings. The molecule has 0 saturated carbocycles. The summed E-state index contributed by atoms with van der Waals surface area (Å²) in [5.41, 5.74) is 0.910. The van der Waals surface area contributed by atoms with Crippen LogP contribution in [0.1, 0.15) is 52.5 Å². The summed E-state index contributed by atoms with van der Waals surface area (Å²) in [5.74, 6) is 0.0738. The molecule has 0 fully saturated rings. The lowest BCUT2D eigenvalue weighted by Crippen LogP contribution is -2.36. The summed E-state index contributed by atoms with van der Waals surface area (Å²) in [6.07, 6.45) is 3.00. The molecule has 1 aromatic carbocycles. The fourth-order valence-corrected chi connectivity index (χ4v) is 2.16. The van der Waals surface area contributed by atoms with Crippen LogP contribution in [0.2, 0.25) is 0 Å². The molecule has 0 heterocycles. The molecule has 23 heavy (non-hydrogen) atoms. The van der Waals surface area contributed by atoms with E-state index in [9.17, 15) is 9.59 Å². The van der Waals surface area contributed by atoms with E-state index in [2.05, 4.69) is 22.8 Å². The Kier molecular flexibility index (Phi) is 7.79. The van der Waals surface area contributed by atoms with Gasteiger partial charge < -0.3 is 10.6 Å². The molecule has 0 saturated heterocycles. The molecule has 0 bridgehead atoms. The second-order valence-corrected chi connectivity index (χ2v) is 7.10. The minimum Gasteiger partial charge on any atom is -0.356 e. The molecule has 1 rings (SSSR count). The first kappa shape index (κ1) is 19.2. The number of carbonyl (C=O) groups is 2. The standard InChI is InChI=1S/C19H30N2O2/c1-15(12-13-16-9-6-5-7-10-16)21-17(22)11-8-14-20-18(23)19(2,3)4/h5-7,9-10,15H,8,11-14H2,1-4H3,(H,20,23)(H,21,22). The maximum atomic E-state index is 11.9. The Labute approximate surface area is 140 Å². The van der Waals surface area contributed by atoms with Crippen molar-refractivity contribution in [2.75, 3.05) is 6.54 Å². The second-order valence-electron chi connectivity index (χ2n) is 7.10. The summed E-state index contributed by atoms with van der Waals surface area (Å²) >= 11 is 0. The Morgan fingerprint density at radius 3 is 2.39 bits per heavy atom. The highest BCUT2D eigenvalue weighted by atomic mass is 16.2. The third-order valence-corrected chi connectivity index (χ3v) is 3.66. The molecule has 0 aliphatic heterocycles. The average Bonchev–Trinajstić information content (AvgIpc) is 2.49. The van der Waals surface area contributed by atoms with Crippen molar-refractivity contribution in [3.05, 3.63) is 35.9 Å². The first-order valence-corrected chi connectivity index (χ1v) is 8.40. The van der Waals surface area contributed by atoms with Crippen molar-refractivity contribution in [1.82, 2.24) is 10.6 Å². The lowest BCUT2D eigenvalue weighted by atomic mass is 9.96. The van der Waals surface area contributed by atoms with E-state index in [-0.39, 0.29) is 23.3 Å². The van der Waals surface area contributed by atoms with E-state index in [1.165, 1.54) is 5.56 Å². The molecule has 2 amide bonds. The van der Waals surface area contributed by atoms with E-state index in [0.29, 0.717) is 19.4 Å². The van der Waals surface area contributed by atoms with Crippen LogP contribution in [0.5, 0.6) is 0 Å². The molecule has 128 valence electrons. The Hall–Kier alpha value is -1.84. The van der Waals surface area contributed by atoms with Gasteiger partial charge in [0.25, 0.3) is 0 Å². The van der Waals surface area contributed by atoms with Crippen LogP contribution in [0.3, 0.4) is 0 Å². The monoisotopic (exact) mass is 318 g/mol. The van der Waals surface area contributed by atoms with E-state index in [0.717, 1.165) is 12.8 Å². The van der Waals surface area contributed by atoms with Crippen molar-refractivity contribution < 1.29 is 9.59 Å². The molecule has 1 unspecified atom stereocenters. The van der Waals surface area contributed by atoms with Gasteiger partial charge in [-0.25, -0.2) is 0 Å². The van der Waals surface area contributed by atoms with Crippen molar-refractivity contribution in [3.63, 3.8) is 0 Å². The van der Waals surface area contributed by atoms with Crippen LogP contribution in [-0.2, 0) is 16.0 Å². The predicted molar refractivity (Wildman–Crippen MR) is 94.1 cm³/mol. The first-order valence-electron chi connectivity index (χ1n) is 8.40. The Morgan fingerprint density at radius 1 is 1.13 bits per heavy atom. The van der Waals surface area contributed by atoms with E-state index in [1.807, 2.05) is 45.9 Å². The molecule has 0 radical (unpaired) electrons. The number of rotatable bonds is 8. The number of aryl methyl sites for hydroxylation is 1. The van der Waals surface area contributed by atoms with Gasteiger partial charge in [0.05, 0.1) is 0 Å². The van der Waals surface area contributed by atoms with Crippen LogP contribution in [0.4, 0.5) is 0 Å². The zero-order chi connectivity index (χ0) is 17.3. The van der Waals surface area contributed by atoms with E-state index < -0.39 is 0 Å². The van der Waals surface area contributed by atoms with Gasteiger partial charge in [-0.1, -0.05) is 51.1 Å². The van der Waals surface area contributed by atoms with Gasteiger partial charge in [0, 0.05) is 24.4 Å². The van der Waals surface area contributed by atoms with Gasteiger partial charge in [-0.15, -0.1) is 0 Å². The SMILES string of the molecule is CC(CCc1ccccc1)NC(=O)CCCNC(=O)C(C)(C)C. The molecular formula is C19H30N2O2. The minimum absolute atomic E-state index is 0.0223. The van der Waals surface area contributed by atoms with Gasteiger partial charge in [-0.05, 0) is 31.7 Å². The predicted octanol–water partition coefficient (Wildman–Crippen LogP) is 3.07. The zero-order valence-electron chi connectivity index (χ0n) is 14.8. The molecule has 0 aliphatic carbocycles. The molecule has 4 nitrogen and oxygen atoms in total. The normalized spacial score (nSPS) is 12.5. The fourth-order valence-electron chi connectivity index (χ4n) is 2.16. The average molecular weight is 318 g/mol. The molecular weight excluding hydrogens is 288 g/mol. The number of carbonyl (C=O) groups excluding carboxylic acids is 2. The lowest BCUT2D eigenvalue weighted by molar-refractivity contribution is -0.128. The molecule has 4 heteroatoms. The first-order chi connectivity index (χ1) is 10.8. The van der Waals surface area contributed by atoms with Crippen LogP contribution in [0.15, 0.2) is 30.3 Å². The number of nitrogens with one attached hydrogen (secondary N) is 2. The summed E-state index contributed by atoms with van der Waals surface area (Å²) in [4.78, 5) is 23.6. The van der Waals surface area contributed by atoms with Crippen LogP contribution in [-0.4, -0.2) is 24.4 Å². The van der Waals surface area contributed by atoms with Crippen molar-refractivity contribution in [1.29, 1.82) is 0 Å². The summed E-state index contributed by atoms with van der Waals surface area (Å²) in [6, 6.07) is 10.4. The van der Waals surface area contributed by atoms with Crippen LogP contribution in [0.25, 0.3) is 0 Å². The highest BCUT2D eigenvalue weighted by molar-refractivity contribution is 5.81. The minimum atomic E-state index is -0.381. The van der Waals surface area contributed by atoms with E-state index >= 15 is 0 Å². The van der Waals surface area contributed by atoms with Crippen LogP contribution in [0, 0.1) is 5.41 Å². The highest BCUT2D eigenvalue weighted by Gasteiger charge is 2.20. The maximum absolute atomic E-state index is 11.9. The number of amides is 2. The van der Waals surface area contributed by atoms with Crippen molar-refractivity contribution in [2.45, 2.75) is 59.4 Å². The largest absolute Gasteiger partial charge is 0.356 e. The van der Waals surface area contributed by atoms with Gasteiger partial charge in [0.15, 0.2) is 0 Å². The molecule has 0 aliphatic rings. The molecule has 1 atom stereocenters. The summed E-state index contributed by atoms with van der Waals surface area (Å²) in [6.45, 7) is 8.21. The van der Waals surface area contributed by atoms with Crippen LogP contribution >= 0.6 is 0 Å². The third-order valence-electron chi connectivity index (χ3n) is 3.66. The van der Waals surface area contributed by atoms with Gasteiger partial charge in [-0.2, -0.15) is 0 Å². The second kappa shape index (κ2) is 9.33. The number of hydrogen-bond donors (Lipinski definition) is 2. The quantitative estimate of drug-likeness (QED) is 0.724. The Balaban J connectivity index is 2.15. The Bertz CT molecular complexity index is 492. The summed E-state index contributed by atoms with van der Waals surface area (Å²) in [7, 11) is 0. The van der Waals surface area contributed by atoms with Gasteiger partial charge in [0.2, 0.25) is 11.8 Å². The number of benzene rings is 1. The van der Waals surface area contributed by atoms with Gasteiger partial charge in [-0.3, -0.25) is 9.59 Å². The molecule has 0 aromatic heterocycles. The topological polar surface area (TPSA) is 58.2 Å². The zero-order valence-corrected chi connectivity index (χ0v) is 14.8. The van der Waals surface area contributed by atoms with Gasteiger partial charge >= 0.3 is 0 Å². The smallest absolute Gasteiger partial charge is 0.225 e.